The van der Waals surface area contributed by atoms with Gasteiger partial charge in [-0.05, 0) is 30.8 Å². The zero-order valence-electron chi connectivity index (χ0n) is 10.2. The van der Waals surface area contributed by atoms with E-state index in [4.69, 9.17) is 12.2 Å². The SMILES string of the molecule is CCCCN1CNC(=S)N(c2ccccc2)C1. The lowest BCUT2D eigenvalue weighted by atomic mass is 10.3. The summed E-state index contributed by atoms with van der Waals surface area (Å²) < 4.78 is 0. The number of nitrogens with one attached hydrogen (secondary N) is 1. The molecule has 0 unspecified atom stereocenters. The molecule has 0 aliphatic carbocycles. The van der Waals surface area contributed by atoms with Crippen LogP contribution in [0.15, 0.2) is 30.3 Å². The molecule has 1 aromatic rings. The number of benzene rings is 1. The van der Waals surface area contributed by atoms with Crippen LogP contribution < -0.4 is 10.2 Å². The Kier molecular flexibility index (Phi) is 4.34. The summed E-state index contributed by atoms with van der Waals surface area (Å²) in [5, 5.41) is 4.10. The first kappa shape index (κ1) is 12.3. The minimum atomic E-state index is 0.823. The molecule has 3 nitrogen and oxygen atoms in total. The maximum atomic E-state index is 5.36. The number of anilines is 1. The number of para-hydroxylation sites is 1. The second-order valence-electron chi connectivity index (χ2n) is 4.29. The Hall–Kier alpha value is -1.13. The molecule has 0 bridgehead atoms. The second kappa shape index (κ2) is 5.98. The summed E-state index contributed by atoms with van der Waals surface area (Å²) >= 11 is 5.36. The van der Waals surface area contributed by atoms with Crippen LogP contribution in [0.5, 0.6) is 0 Å². The molecule has 0 aromatic heterocycles. The highest BCUT2D eigenvalue weighted by molar-refractivity contribution is 7.80. The molecule has 0 spiro atoms. The van der Waals surface area contributed by atoms with Crippen molar-refractivity contribution in [3.8, 4) is 0 Å². The molecule has 0 amide bonds. The van der Waals surface area contributed by atoms with Gasteiger partial charge in [-0.25, -0.2) is 0 Å². The van der Waals surface area contributed by atoms with Gasteiger partial charge in [-0.3, -0.25) is 4.90 Å². The second-order valence-corrected chi connectivity index (χ2v) is 4.68. The van der Waals surface area contributed by atoms with Crippen LogP contribution in [0, 0.1) is 0 Å². The van der Waals surface area contributed by atoms with Gasteiger partial charge < -0.3 is 10.2 Å². The minimum Gasteiger partial charge on any atom is -0.349 e. The van der Waals surface area contributed by atoms with Crippen LogP contribution in [-0.2, 0) is 0 Å². The third-order valence-electron chi connectivity index (χ3n) is 2.94. The zero-order valence-corrected chi connectivity index (χ0v) is 11.0. The molecular weight excluding hydrogens is 230 g/mol. The molecule has 1 heterocycles. The number of nitrogens with zero attached hydrogens (tertiary/aromatic N) is 2. The highest BCUT2D eigenvalue weighted by Crippen LogP contribution is 2.16. The van der Waals surface area contributed by atoms with Crippen LogP contribution in [0.25, 0.3) is 0 Å². The predicted octanol–water partition coefficient (Wildman–Crippen LogP) is 2.40. The van der Waals surface area contributed by atoms with Crippen molar-refractivity contribution in [3.63, 3.8) is 0 Å². The van der Waals surface area contributed by atoms with Crippen LogP contribution in [0.4, 0.5) is 5.69 Å². The van der Waals surface area contributed by atoms with Gasteiger partial charge in [0.25, 0.3) is 0 Å². The number of rotatable bonds is 4. The van der Waals surface area contributed by atoms with E-state index >= 15 is 0 Å². The van der Waals surface area contributed by atoms with Gasteiger partial charge >= 0.3 is 0 Å². The highest BCUT2D eigenvalue weighted by Gasteiger charge is 2.20. The molecule has 17 heavy (non-hydrogen) atoms. The number of hydrogen-bond donors (Lipinski definition) is 1. The summed E-state index contributed by atoms with van der Waals surface area (Å²) in [6, 6.07) is 10.3. The lowest BCUT2D eigenvalue weighted by molar-refractivity contribution is 0.257. The van der Waals surface area contributed by atoms with E-state index in [9.17, 15) is 0 Å². The van der Waals surface area contributed by atoms with Crippen molar-refractivity contribution in [2.24, 2.45) is 0 Å². The quantitative estimate of drug-likeness (QED) is 0.826. The molecule has 1 aromatic carbocycles. The predicted molar refractivity (Wildman–Crippen MR) is 76.0 cm³/mol. The Morgan fingerprint density at radius 3 is 2.76 bits per heavy atom. The smallest absolute Gasteiger partial charge is 0.175 e. The van der Waals surface area contributed by atoms with Gasteiger partial charge in [-0.2, -0.15) is 0 Å². The fourth-order valence-electron chi connectivity index (χ4n) is 1.93. The van der Waals surface area contributed by atoms with E-state index < -0.39 is 0 Å². The number of unbranched alkanes of at least 4 members (excludes halogenated alkanes) is 1. The zero-order chi connectivity index (χ0) is 12.1. The monoisotopic (exact) mass is 249 g/mol. The first-order valence-corrected chi connectivity index (χ1v) is 6.55. The van der Waals surface area contributed by atoms with Crippen LogP contribution in [0.3, 0.4) is 0 Å². The van der Waals surface area contributed by atoms with Crippen molar-refractivity contribution in [2.45, 2.75) is 19.8 Å². The average Bonchev–Trinajstić information content (AvgIpc) is 2.39. The molecule has 1 aliphatic heterocycles. The topological polar surface area (TPSA) is 18.5 Å². The van der Waals surface area contributed by atoms with Crippen molar-refractivity contribution in [2.75, 3.05) is 24.8 Å². The van der Waals surface area contributed by atoms with E-state index in [0.29, 0.717) is 0 Å². The minimum absolute atomic E-state index is 0.823. The van der Waals surface area contributed by atoms with Crippen LogP contribution in [0.2, 0.25) is 0 Å². The summed E-state index contributed by atoms with van der Waals surface area (Å²) in [6.45, 7) is 5.09. The third kappa shape index (κ3) is 3.17. The molecule has 0 radical (unpaired) electrons. The Morgan fingerprint density at radius 2 is 2.06 bits per heavy atom. The van der Waals surface area contributed by atoms with Crippen molar-refractivity contribution < 1.29 is 0 Å². The average molecular weight is 249 g/mol. The first-order chi connectivity index (χ1) is 8.31. The van der Waals surface area contributed by atoms with E-state index in [1.807, 2.05) is 18.2 Å². The maximum Gasteiger partial charge on any atom is 0.175 e. The maximum absolute atomic E-state index is 5.36. The molecule has 2 rings (SSSR count). The normalized spacial score (nSPS) is 17.0. The molecule has 1 N–H and O–H groups in total. The molecule has 92 valence electrons. The van der Waals surface area contributed by atoms with Crippen LogP contribution in [0.1, 0.15) is 19.8 Å². The highest BCUT2D eigenvalue weighted by atomic mass is 32.1. The Morgan fingerprint density at radius 1 is 1.29 bits per heavy atom. The number of hydrogen-bond acceptors (Lipinski definition) is 2. The third-order valence-corrected chi connectivity index (χ3v) is 3.30. The van der Waals surface area contributed by atoms with E-state index in [-0.39, 0.29) is 0 Å². The Labute approximate surface area is 108 Å². The number of thiocarbonyl (C=S) groups is 1. The molecule has 0 saturated carbocycles. The van der Waals surface area contributed by atoms with Gasteiger partial charge in [0.2, 0.25) is 0 Å². The molecular formula is C13H19N3S. The Balaban J connectivity index is 2.02. The molecule has 1 aliphatic rings. The van der Waals surface area contributed by atoms with Gasteiger partial charge in [0.05, 0.1) is 13.3 Å². The molecule has 1 saturated heterocycles. The lowest BCUT2D eigenvalue weighted by Gasteiger charge is -2.38. The van der Waals surface area contributed by atoms with Crippen LogP contribution in [-0.4, -0.2) is 29.9 Å². The van der Waals surface area contributed by atoms with E-state index in [0.717, 1.165) is 30.7 Å². The first-order valence-electron chi connectivity index (χ1n) is 6.14. The van der Waals surface area contributed by atoms with Gasteiger partial charge in [0, 0.05) is 12.2 Å². The molecule has 0 atom stereocenters. The molecule has 1 fully saturated rings. The van der Waals surface area contributed by atoms with Gasteiger partial charge in [-0.15, -0.1) is 0 Å². The lowest BCUT2D eigenvalue weighted by Crippen LogP contribution is -2.56. The van der Waals surface area contributed by atoms with Gasteiger partial charge in [0.15, 0.2) is 5.11 Å². The van der Waals surface area contributed by atoms with Crippen molar-refractivity contribution in [1.29, 1.82) is 0 Å². The fourth-order valence-corrected chi connectivity index (χ4v) is 2.16. The Bertz CT molecular complexity index is 366. The summed E-state index contributed by atoms with van der Waals surface area (Å²) in [5.41, 5.74) is 1.16. The fraction of sp³-hybridized carbons (Fsp3) is 0.462. The van der Waals surface area contributed by atoms with Crippen molar-refractivity contribution >= 4 is 23.0 Å². The van der Waals surface area contributed by atoms with E-state index in [2.05, 4.69) is 34.2 Å². The van der Waals surface area contributed by atoms with Gasteiger partial charge in [-0.1, -0.05) is 31.5 Å². The van der Waals surface area contributed by atoms with Gasteiger partial charge in [0.1, 0.15) is 0 Å². The summed E-state index contributed by atoms with van der Waals surface area (Å²) in [5.74, 6) is 0. The van der Waals surface area contributed by atoms with E-state index in [1.165, 1.54) is 12.8 Å². The van der Waals surface area contributed by atoms with E-state index in [1.54, 1.807) is 0 Å². The van der Waals surface area contributed by atoms with Crippen molar-refractivity contribution in [3.05, 3.63) is 30.3 Å². The van der Waals surface area contributed by atoms with Crippen LogP contribution >= 0.6 is 12.2 Å². The summed E-state index contributed by atoms with van der Waals surface area (Å²) in [4.78, 5) is 4.53. The summed E-state index contributed by atoms with van der Waals surface area (Å²) in [7, 11) is 0. The molecule has 4 heteroatoms. The van der Waals surface area contributed by atoms with Crippen molar-refractivity contribution in [1.82, 2.24) is 10.2 Å². The largest absolute Gasteiger partial charge is 0.349 e. The summed E-state index contributed by atoms with van der Waals surface area (Å²) in [6.07, 6.45) is 2.46. The standard InChI is InChI=1S/C13H19N3S/c1-2-3-9-15-10-14-13(17)16(11-15)12-7-5-4-6-8-12/h4-8H,2-3,9-11H2,1H3,(H,14,17).